The minimum absolute atomic E-state index is 0.210. The fourth-order valence-corrected chi connectivity index (χ4v) is 3.42. The Morgan fingerprint density at radius 3 is 2.32 bits per heavy atom. The third-order valence-corrected chi connectivity index (χ3v) is 4.97. The Morgan fingerprint density at radius 2 is 1.73 bits per heavy atom. The highest BCUT2D eigenvalue weighted by Gasteiger charge is 2.22. The van der Waals surface area contributed by atoms with Gasteiger partial charge in [-0.25, -0.2) is 8.42 Å². The van der Waals surface area contributed by atoms with E-state index in [4.69, 9.17) is 0 Å². The Bertz CT molecular complexity index is 784. The van der Waals surface area contributed by atoms with Crippen LogP contribution in [0.4, 0.5) is 11.6 Å². The third-order valence-electron chi connectivity index (χ3n) is 3.45. The molecule has 116 valence electrons. The lowest BCUT2D eigenvalue weighted by Crippen LogP contribution is -2.16. The van der Waals surface area contributed by atoms with Gasteiger partial charge in [0.05, 0.1) is 4.90 Å². The normalized spacial score (nSPS) is 14.6. The maximum absolute atomic E-state index is 12.4. The average molecular weight is 318 g/mol. The Balaban J connectivity index is 1.78. The molecule has 0 amide bonds. The molecule has 2 aromatic rings. The van der Waals surface area contributed by atoms with Gasteiger partial charge in [-0.2, -0.15) is 0 Å². The van der Waals surface area contributed by atoms with E-state index in [1.807, 2.05) is 13.0 Å². The lowest BCUT2D eigenvalue weighted by molar-refractivity contribution is 0.600. The molecular formula is C15H18N4O2S. The molecular weight excluding hydrogens is 300 g/mol. The van der Waals surface area contributed by atoms with Crippen LogP contribution >= 0.6 is 0 Å². The molecule has 1 aromatic carbocycles. The van der Waals surface area contributed by atoms with Gasteiger partial charge >= 0.3 is 0 Å². The number of nitrogens with one attached hydrogen (secondary N) is 2. The maximum Gasteiger partial charge on any atom is 0.263 e. The third kappa shape index (κ3) is 3.36. The molecule has 0 spiro atoms. The molecule has 0 saturated heterocycles. The molecule has 0 aliphatic heterocycles. The van der Waals surface area contributed by atoms with Crippen molar-refractivity contribution in [1.29, 1.82) is 0 Å². The minimum Gasteiger partial charge on any atom is -0.366 e. The van der Waals surface area contributed by atoms with Crippen LogP contribution < -0.4 is 10.0 Å². The topological polar surface area (TPSA) is 84.0 Å². The molecule has 0 radical (unpaired) electrons. The van der Waals surface area contributed by atoms with Gasteiger partial charge in [0.2, 0.25) is 0 Å². The second kappa shape index (κ2) is 5.57. The summed E-state index contributed by atoms with van der Waals surface area (Å²) in [6.45, 7) is 3.70. The second-order valence-electron chi connectivity index (χ2n) is 5.60. The number of hydrogen-bond donors (Lipinski definition) is 2. The summed E-state index contributed by atoms with van der Waals surface area (Å²) in [4.78, 5) is 0.250. The molecule has 2 N–H and O–H groups in total. The van der Waals surface area contributed by atoms with Crippen LogP contribution in [0.25, 0.3) is 0 Å². The van der Waals surface area contributed by atoms with Gasteiger partial charge in [0.1, 0.15) is 5.82 Å². The molecule has 0 atom stereocenters. The molecule has 3 rings (SSSR count). The van der Waals surface area contributed by atoms with Crippen molar-refractivity contribution in [2.24, 2.45) is 0 Å². The van der Waals surface area contributed by atoms with E-state index in [9.17, 15) is 8.42 Å². The summed E-state index contributed by atoms with van der Waals surface area (Å²) < 4.78 is 27.3. The summed E-state index contributed by atoms with van der Waals surface area (Å²) >= 11 is 0. The highest BCUT2D eigenvalue weighted by Crippen LogP contribution is 2.24. The number of aryl methyl sites for hydroxylation is 2. The van der Waals surface area contributed by atoms with Crippen LogP contribution in [0.3, 0.4) is 0 Å². The quantitative estimate of drug-likeness (QED) is 0.885. The SMILES string of the molecule is Cc1ccc(S(=O)(=O)Nc2ccc(NC3CC3)nn2)c(C)c1. The van der Waals surface area contributed by atoms with Crippen molar-refractivity contribution in [3.63, 3.8) is 0 Å². The fourth-order valence-electron chi connectivity index (χ4n) is 2.19. The number of rotatable bonds is 5. The van der Waals surface area contributed by atoms with Crippen molar-refractivity contribution in [2.45, 2.75) is 37.6 Å². The van der Waals surface area contributed by atoms with Gasteiger partial charge in [0.15, 0.2) is 5.82 Å². The van der Waals surface area contributed by atoms with E-state index in [0.29, 0.717) is 17.4 Å². The number of anilines is 2. The predicted molar refractivity (Wildman–Crippen MR) is 85.4 cm³/mol. The highest BCUT2D eigenvalue weighted by molar-refractivity contribution is 7.92. The number of sulfonamides is 1. The van der Waals surface area contributed by atoms with E-state index in [0.717, 1.165) is 18.4 Å². The zero-order valence-corrected chi connectivity index (χ0v) is 13.3. The lowest BCUT2D eigenvalue weighted by Gasteiger charge is -2.10. The first-order valence-electron chi connectivity index (χ1n) is 7.14. The van der Waals surface area contributed by atoms with E-state index in [1.54, 1.807) is 31.2 Å². The van der Waals surface area contributed by atoms with Crippen LogP contribution in [0.15, 0.2) is 35.2 Å². The van der Waals surface area contributed by atoms with Gasteiger partial charge in [0.25, 0.3) is 10.0 Å². The van der Waals surface area contributed by atoms with Crippen molar-refractivity contribution in [2.75, 3.05) is 10.0 Å². The summed E-state index contributed by atoms with van der Waals surface area (Å²) in [6, 6.07) is 9.03. The second-order valence-corrected chi connectivity index (χ2v) is 7.25. The molecule has 1 aromatic heterocycles. The standard InChI is InChI=1S/C15H18N4O2S/c1-10-3-6-13(11(2)9-10)22(20,21)19-15-8-7-14(17-18-15)16-12-4-5-12/h3,6-9,12H,4-5H2,1-2H3,(H,16,17)(H,18,19). The van der Waals surface area contributed by atoms with Gasteiger partial charge < -0.3 is 5.32 Å². The van der Waals surface area contributed by atoms with E-state index >= 15 is 0 Å². The number of benzene rings is 1. The van der Waals surface area contributed by atoms with Gasteiger partial charge in [-0.15, -0.1) is 10.2 Å². The minimum atomic E-state index is -3.66. The van der Waals surface area contributed by atoms with Crippen LogP contribution in [-0.2, 0) is 10.0 Å². The van der Waals surface area contributed by atoms with Gasteiger partial charge in [0, 0.05) is 6.04 Å². The summed E-state index contributed by atoms with van der Waals surface area (Å²) in [6.07, 6.45) is 2.28. The van der Waals surface area contributed by atoms with Crippen LogP contribution in [0.5, 0.6) is 0 Å². The first-order valence-corrected chi connectivity index (χ1v) is 8.63. The Labute approximate surface area is 130 Å². The molecule has 22 heavy (non-hydrogen) atoms. The Morgan fingerprint density at radius 1 is 1.05 bits per heavy atom. The molecule has 1 aliphatic rings. The molecule has 1 fully saturated rings. The summed E-state index contributed by atoms with van der Waals surface area (Å²) in [5.41, 5.74) is 1.72. The molecule has 6 nitrogen and oxygen atoms in total. The Hall–Kier alpha value is -2.15. The van der Waals surface area contributed by atoms with Crippen molar-refractivity contribution in [3.05, 3.63) is 41.5 Å². The van der Waals surface area contributed by atoms with E-state index in [-0.39, 0.29) is 10.7 Å². The monoisotopic (exact) mass is 318 g/mol. The number of aromatic nitrogens is 2. The van der Waals surface area contributed by atoms with Crippen LogP contribution in [-0.4, -0.2) is 24.7 Å². The smallest absolute Gasteiger partial charge is 0.263 e. The largest absolute Gasteiger partial charge is 0.366 e. The van der Waals surface area contributed by atoms with Gasteiger partial charge in [-0.3, -0.25) is 4.72 Å². The molecule has 1 aliphatic carbocycles. The van der Waals surface area contributed by atoms with Crippen molar-refractivity contribution in [1.82, 2.24) is 10.2 Å². The first-order chi connectivity index (χ1) is 10.4. The number of hydrogen-bond acceptors (Lipinski definition) is 5. The molecule has 0 bridgehead atoms. The van der Waals surface area contributed by atoms with E-state index in [1.165, 1.54) is 0 Å². The zero-order valence-electron chi connectivity index (χ0n) is 12.5. The van der Waals surface area contributed by atoms with Crippen LogP contribution in [0, 0.1) is 13.8 Å². The highest BCUT2D eigenvalue weighted by atomic mass is 32.2. The van der Waals surface area contributed by atoms with Crippen molar-refractivity contribution in [3.8, 4) is 0 Å². The van der Waals surface area contributed by atoms with Gasteiger partial charge in [-0.1, -0.05) is 17.7 Å². The molecule has 1 heterocycles. The molecule has 7 heteroatoms. The maximum atomic E-state index is 12.4. The number of nitrogens with zero attached hydrogens (tertiary/aromatic N) is 2. The average Bonchev–Trinajstić information content (AvgIpc) is 3.24. The Kier molecular flexibility index (Phi) is 3.74. The lowest BCUT2D eigenvalue weighted by atomic mass is 10.2. The van der Waals surface area contributed by atoms with Crippen molar-refractivity contribution >= 4 is 21.7 Å². The van der Waals surface area contributed by atoms with Crippen LogP contribution in [0.1, 0.15) is 24.0 Å². The molecule has 1 saturated carbocycles. The van der Waals surface area contributed by atoms with E-state index < -0.39 is 10.0 Å². The summed E-state index contributed by atoms with van der Waals surface area (Å²) in [5, 5.41) is 11.1. The molecule has 0 unspecified atom stereocenters. The van der Waals surface area contributed by atoms with Crippen molar-refractivity contribution < 1.29 is 8.42 Å². The van der Waals surface area contributed by atoms with Gasteiger partial charge in [-0.05, 0) is 50.5 Å². The fraction of sp³-hybridized carbons (Fsp3) is 0.333. The zero-order chi connectivity index (χ0) is 15.7. The first kappa shape index (κ1) is 14.8. The summed E-state index contributed by atoms with van der Waals surface area (Å²) in [5.74, 6) is 0.873. The predicted octanol–water partition coefficient (Wildman–Crippen LogP) is 2.47. The van der Waals surface area contributed by atoms with Crippen LogP contribution in [0.2, 0.25) is 0 Å². The van der Waals surface area contributed by atoms with E-state index in [2.05, 4.69) is 20.2 Å². The summed E-state index contributed by atoms with van der Waals surface area (Å²) in [7, 11) is -3.66.